The van der Waals surface area contributed by atoms with E-state index in [1.165, 1.54) is 7.11 Å². The Balaban J connectivity index is 1.61. The maximum absolute atomic E-state index is 12.9. The van der Waals surface area contributed by atoms with Crippen molar-refractivity contribution in [2.75, 3.05) is 25.1 Å². The van der Waals surface area contributed by atoms with Crippen LogP contribution in [0, 0.1) is 0 Å². The first kappa shape index (κ1) is 19.2. The number of carbonyl (C=O) groups excluding carboxylic acids is 1. The molecule has 0 aliphatic carbocycles. The maximum atomic E-state index is 12.9. The summed E-state index contributed by atoms with van der Waals surface area (Å²) in [7, 11) is 1.29. The number of hydrogen-bond donors (Lipinski definition) is 0. The minimum Gasteiger partial charge on any atom is -0.465 e. The van der Waals surface area contributed by atoms with Gasteiger partial charge in [0.1, 0.15) is 5.02 Å². The van der Waals surface area contributed by atoms with Gasteiger partial charge in [-0.15, -0.1) is 0 Å². The molecule has 0 unspecified atom stereocenters. The SMILES string of the molecule is COC(=O)c1ccccc1-n1ncc(N2CCC(n3ccnc3)CC2)c(Cl)c1=O. The Morgan fingerprint density at radius 1 is 1.21 bits per heavy atom. The molecule has 8 nitrogen and oxygen atoms in total. The number of rotatable bonds is 4. The van der Waals surface area contributed by atoms with Crippen LogP contribution in [0.15, 0.2) is 54.0 Å². The highest BCUT2D eigenvalue weighted by molar-refractivity contribution is 6.33. The second-order valence-corrected chi connectivity index (χ2v) is 7.18. The Morgan fingerprint density at radius 2 is 1.97 bits per heavy atom. The highest BCUT2D eigenvalue weighted by atomic mass is 35.5. The molecule has 4 rings (SSSR count). The third-order valence-corrected chi connectivity index (χ3v) is 5.55. The average molecular weight is 414 g/mol. The van der Waals surface area contributed by atoms with Gasteiger partial charge in [-0.1, -0.05) is 23.7 Å². The Hall–Kier alpha value is -3.13. The summed E-state index contributed by atoms with van der Waals surface area (Å²) in [6, 6.07) is 7.01. The predicted octanol–water partition coefficient (Wildman–Crippen LogP) is 2.71. The number of esters is 1. The third-order valence-electron chi connectivity index (χ3n) is 5.19. The van der Waals surface area contributed by atoms with Crippen LogP contribution < -0.4 is 10.5 Å². The molecule has 2 aromatic heterocycles. The Kier molecular flexibility index (Phi) is 5.35. The highest BCUT2D eigenvalue weighted by Crippen LogP contribution is 2.29. The minimum atomic E-state index is -0.545. The van der Waals surface area contributed by atoms with Crippen LogP contribution in [0.25, 0.3) is 5.69 Å². The fourth-order valence-corrected chi connectivity index (χ4v) is 3.90. The molecule has 0 N–H and O–H groups in total. The van der Waals surface area contributed by atoms with Gasteiger partial charge in [0.15, 0.2) is 0 Å². The number of piperidine rings is 1. The fraction of sp³-hybridized carbons (Fsp3) is 0.300. The summed E-state index contributed by atoms with van der Waals surface area (Å²) < 4.78 is 8.04. The smallest absolute Gasteiger partial charge is 0.340 e. The van der Waals surface area contributed by atoms with Gasteiger partial charge in [-0.2, -0.15) is 9.78 Å². The van der Waals surface area contributed by atoms with E-state index in [1.807, 2.05) is 12.5 Å². The van der Waals surface area contributed by atoms with Gasteiger partial charge in [-0.3, -0.25) is 4.79 Å². The molecule has 3 heterocycles. The van der Waals surface area contributed by atoms with E-state index in [4.69, 9.17) is 16.3 Å². The number of anilines is 1. The van der Waals surface area contributed by atoms with E-state index in [1.54, 1.807) is 36.7 Å². The van der Waals surface area contributed by atoms with Gasteiger partial charge in [-0.25, -0.2) is 9.78 Å². The Bertz CT molecular complexity index is 1070. The quantitative estimate of drug-likeness (QED) is 0.611. The van der Waals surface area contributed by atoms with Gasteiger partial charge >= 0.3 is 5.97 Å². The monoisotopic (exact) mass is 413 g/mol. The molecule has 0 radical (unpaired) electrons. The molecule has 0 spiro atoms. The number of methoxy groups -OCH3 is 1. The van der Waals surface area contributed by atoms with Gasteiger partial charge in [0, 0.05) is 31.5 Å². The van der Waals surface area contributed by atoms with Crippen molar-refractivity contribution < 1.29 is 9.53 Å². The molecule has 0 bridgehead atoms. The summed E-state index contributed by atoms with van der Waals surface area (Å²) in [6.45, 7) is 1.51. The lowest BCUT2D eigenvalue weighted by atomic mass is 10.0. The molecule has 1 fully saturated rings. The zero-order valence-electron chi connectivity index (χ0n) is 15.9. The van der Waals surface area contributed by atoms with Crippen molar-refractivity contribution in [1.29, 1.82) is 0 Å². The van der Waals surface area contributed by atoms with Gasteiger partial charge in [0.05, 0.1) is 36.6 Å². The lowest BCUT2D eigenvalue weighted by Crippen LogP contribution is -2.36. The van der Waals surface area contributed by atoms with E-state index < -0.39 is 11.5 Å². The van der Waals surface area contributed by atoms with Crippen LogP contribution in [0.5, 0.6) is 0 Å². The van der Waals surface area contributed by atoms with Gasteiger partial charge in [0.25, 0.3) is 5.56 Å². The number of benzene rings is 1. The molecule has 1 saturated heterocycles. The minimum absolute atomic E-state index is 0.0840. The van der Waals surface area contributed by atoms with E-state index in [0.717, 1.165) is 30.6 Å². The van der Waals surface area contributed by atoms with E-state index in [9.17, 15) is 9.59 Å². The average Bonchev–Trinajstić information content (AvgIpc) is 3.30. The Morgan fingerprint density at radius 3 is 2.66 bits per heavy atom. The molecule has 1 aliphatic heterocycles. The first-order chi connectivity index (χ1) is 14.1. The van der Waals surface area contributed by atoms with Crippen LogP contribution >= 0.6 is 11.6 Å². The number of imidazole rings is 1. The van der Waals surface area contributed by atoms with Crippen LogP contribution in [0.1, 0.15) is 29.2 Å². The van der Waals surface area contributed by atoms with Gasteiger partial charge in [-0.05, 0) is 25.0 Å². The van der Waals surface area contributed by atoms with Crippen molar-refractivity contribution in [2.24, 2.45) is 0 Å². The second-order valence-electron chi connectivity index (χ2n) is 6.80. The van der Waals surface area contributed by atoms with Crippen LogP contribution in [-0.4, -0.2) is 45.5 Å². The highest BCUT2D eigenvalue weighted by Gasteiger charge is 2.24. The number of halogens is 1. The zero-order chi connectivity index (χ0) is 20.4. The molecule has 150 valence electrons. The number of hydrogen-bond acceptors (Lipinski definition) is 6. The van der Waals surface area contributed by atoms with Crippen molar-refractivity contribution in [1.82, 2.24) is 19.3 Å². The summed E-state index contributed by atoms with van der Waals surface area (Å²) in [6.07, 6.45) is 8.99. The summed E-state index contributed by atoms with van der Waals surface area (Å²) in [4.78, 5) is 31.1. The lowest BCUT2D eigenvalue weighted by molar-refractivity contribution is 0.0600. The van der Waals surface area contributed by atoms with Crippen LogP contribution in [-0.2, 0) is 4.74 Å². The molecule has 1 aromatic carbocycles. The van der Waals surface area contributed by atoms with Crippen molar-refractivity contribution in [2.45, 2.75) is 18.9 Å². The normalized spacial score (nSPS) is 14.8. The summed E-state index contributed by atoms with van der Waals surface area (Å²) in [5.41, 5.74) is 0.705. The van der Waals surface area contributed by atoms with E-state index in [-0.39, 0.29) is 10.6 Å². The zero-order valence-corrected chi connectivity index (χ0v) is 16.6. The molecule has 0 amide bonds. The summed E-state index contributed by atoms with van der Waals surface area (Å²) >= 11 is 6.44. The summed E-state index contributed by atoms with van der Waals surface area (Å²) in [5, 5.41) is 4.37. The van der Waals surface area contributed by atoms with Crippen molar-refractivity contribution in [3.8, 4) is 5.69 Å². The first-order valence-electron chi connectivity index (χ1n) is 9.28. The van der Waals surface area contributed by atoms with Crippen LogP contribution in [0.2, 0.25) is 5.02 Å². The van der Waals surface area contributed by atoms with Crippen molar-refractivity contribution >= 4 is 23.3 Å². The molecule has 3 aromatic rings. The van der Waals surface area contributed by atoms with E-state index in [0.29, 0.717) is 17.4 Å². The van der Waals surface area contributed by atoms with Crippen molar-refractivity contribution in [3.05, 3.63) is 70.1 Å². The third kappa shape index (κ3) is 3.63. The lowest BCUT2D eigenvalue weighted by Gasteiger charge is -2.34. The van der Waals surface area contributed by atoms with Crippen LogP contribution in [0.4, 0.5) is 5.69 Å². The molecule has 9 heteroatoms. The van der Waals surface area contributed by atoms with Gasteiger partial charge < -0.3 is 14.2 Å². The maximum Gasteiger partial charge on any atom is 0.340 e. The van der Waals surface area contributed by atoms with E-state index in [2.05, 4.69) is 19.5 Å². The molecular formula is C20H20ClN5O3. The van der Waals surface area contributed by atoms with E-state index >= 15 is 0 Å². The molecular weight excluding hydrogens is 394 g/mol. The largest absolute Gasteiger partial charge is 0.465 e. The molecule has 0 atom stereocenters. The number of aromatic nitrogens is 4. The second kappa shape index (κ2) is 8.08. The first-order valence-corrected chi connectivity index (χ1v) is 9.66. The molecule has 1 aliphatic rings. The number of ether oxygens (including phenoxy) is 1. The van der Waals surface area contributed by atoms with Gasteiger partial charge in [0.2, 0.25) is 0 Å². The number of carbonyl (C=O) groups is 1. The molecule has 29 heavy (non-hydrogen) atoms. The number of para-hydroxylation sites is 1. The summed E-state index contributed by atoms with van der Waals surface area (Å²) in [5.74, 6) is -0.545. The van der Waals surface area contributed by atoms with Crippen LogP contribution in [0.3, 0.4) is 0 Å². The fourth-order valence-electron chi connectivity index (χ4n) is 3.65. The molecule has 0 saturated carbocycles. The van der Waals surface area contributed by atoms with Crippen molar-refractivity contribution in [3.63, 3.8) is 0 Å². The standard InChI is InChI=1S/C20H20ClN5O3/c1-29-20(28)15-4-2-3-5-16(15)26-19(27)18(21)17(12-23-26)24-9-6-14(7-10-24)25-11-8-22-13-25/h2-5,8,11-14H,6-7,9-10H2,1H3. The topological polar surface area (TPSA) is 82.2 Å². The predicted molar refractivity (Wildman–Crippen MR) is 109 cm³/mol. The Labute approximate surface area is 172 Å². The number of nitrogens with zero attached hydrogens (tertiary/aromatic N) is 5.